The summed E-state index contributed by atoms with van der Waals surface area (Å²) < 4.78 is 0. The number of nitrogens with one attached hydrogen (secondary N) is 2. The molecule has 4 N–H and O–H groups in total. The molecule has 5 nitrogen and oxygen atoms in total. The van der Waals surface area contributed by atoms with Crippen molar-refractivity contribution >= 4 is 5.82 Å². The van der Waals surface area contributed by atoms with Gasteiger partial charge in [-0.2, -0.15) is 0 Å². The molecular formula is C16H22N4O. The summed E-state index contributed by atoms with van der Waals surface area (Å²) in [6.07, 6.45) is 0.773. The lowest BCUT2D eigenvalue weighted by molar-refractivity contribution is 0.672. The molecule has 1 aromatic carbocycles. The van der Waals surface area contributed by atoms with Crippen LogP contribution in [0.2, 0.25) is 0 Å². The molecule has 0 spiro atoms. The molecule has 0 bridgehead atoms. The Morgan fingerprint density at radius 2 is 2.00 bits per heavy atom. The van der Waals surface area contributed by atoms with E-state index in [1.165, 1.54) is 6.07 Å². The first-order valence-electron chi connectivity index (χ1n) is 7.22. The van der Waals surface area contributed by atoms with Crippen molar-refractivity contribution in [2.75, 3.05) is 11.9 Å². The summed E-state index contributed by atoms with van der Waals surface area (Å²) in [5.41, 5.74) is 7.12. The van der Waals surface area contributed by atoms with Gasteiger partial charge in [-0.3, -0.25) is 4.79 Å². The molecule has 0 saturated heterocycles. The Hall–Kier alpha value is -2.14. The van der Waals surface area contributed by atoms with Crippen LogP contribution in [0.5, 0.6) is 0 Å². The first-order valence-corrected chi connectivity index (χ1v) is 7.22. The predicted octanol–water partition coefficient (Wildman–Crippen LogP) is 2.40. The lowest BCUT2D eigenvalue weighted by Gasteiger charge is -2.13. The highest BCUT2D eigenvalue weighted by Crippen LogP contribution is 2.14. The fourth-order valence-electron chi connectivity index (χ4n) is 2.06. The van der Waals surface area contributed by atoms with Gasteiger partial charge in [0.1, 0.15) is 11.6 Å². The van der Waals surface area contributed by atoms with Gasteiger partial charge < -0.3 is 16.0 Å². The Kier molecular flexibility index (Phi) is 5.11. The van der Waals surface area contributed by atoms with Crippen LogP contribution in [0.1, 0.15) is 43.6 Å². The monoisotopic (exact) mass is 286 g/mol. The molecule has 0 aliphatic rings. The molecule has 0 aliphatic heterocycles. The van der Waals surface area contributed by atoms with Crippen LogP contribution >= 0.6 is 0 Å². The maximum absolute atomic E-state index is 11.6. The minimum atomic E-state index is -0.136. The highest BCUT2D eigenvalue weighted by Gasteiger charge is 2.07. The second-order valence-electron chi connectivity index (χ2n) is 5.40. The van der Waals surface area contributed by atoms with Crippen molar-refractivity contribution in [2.45, 2.75) is 32.2 Å². The molecule has 0 radical (unpaired) electrons. The Balaban J connectivity index is 1.93. The third kappa shape index (κ3) is 4.43. The molecule has 1 aromatic heterocycles. The molecule has 5 heteroatoms. The zero-order valence-electron chi connectivity index (χ0n) is 12.5. The zero-order valence-corrected chi connectivity index (χ0v) is 12.5. The smallest absolute Gasteiger partial charge is 0.252 e. The van der Waals surface area contributed by atoms with Gasteiger partial charge in [0.25, 0.3) is 5.56 Å². The maximum atomic E-state index is 11.6. The van der Waals surface area contributed by atoms with Crippen LogP contribution in [0.15, 0.2) is 41.2 Å². The number of nitrogens with zero attached hydrogens (tertiary/aromatic N) is 1. The summed E-state index contributed by atoms with van der Waals surface area (Å²) in [6.45, 7) is 4.66. The van der Waals surface area contributed by atoms with Gasteiger partial charge in [-0.1, -0.05) is 44.2 Å². The van der Waals surface area contributed by atoms with Gasteiger partial charge >= 0.3 is 0 Å². The Morgan fingerprint density at radius 3 is 2.67 bits per heavy atom. The van der Waals surface area contributed by atoms with Crippen molar-refractivity contribution in [1.82, 2.24) is 9.97 Å². The minimum absolute atomic E-state index is 0.0229. The summed E-state index contributed by atoms with van der Waals surface area (Å²) >= 11 is 0. The zero-order chi connectivity index (χ0) is 15.2. The summed E-state index contributed by atoms with van der Waals surface area (Å²) in [5.74, 6) is 1.48. The van der Waals surface area contributed by atoms with Gasteiger partial charge in [0.2, 0.25) is 0 Å². The van der Waals surface area contributed by atoms with Crippen molar-refractivity contribution in [2.24, 2.45) is 5.73 Å². The number of nitrogens with two attached hydrogens (primary N) is 1. The van der Waals surface area contributed by atoms with Crippen molar-refractivity contribution in [3.05, 3.63) is 58.1 Å². The summed E-state index contributed by atoms with van der Waals surface area (Å²) in [5, 5.41) is 3.17. The second-order valence-corrected chi connectivity index (χ2v) is 5.40. The molecule has 0 aliphatic carbocycles. The van der Waals surface area contributed by atoms with E-state index in [1.807, 2.05) is 44.2 Å². The van der Waals surface area contributed by atoms with Crippen LogP contribution in [0.3, 0.4) is 0 Å². The molecule has 2 rings (SSSR count). The number of H-pyrrole nitrogens is 1. The summed E-state index contributed by atoms with van der Waals surface area (Å²) in [6, 6.07) is 11.4. The average molecular weight is 286 g/mol. The highest BCUT2D eigenvalue weighted by atomic mass is 16.1. The van der Waals surface area contributed by atoms with E-state index in [2.05, 4.69) is 15.3 Å². The molecule has 1 unspecified atom stereocenters. The van der Waals surface area contributed by atoms with Crippen molar-refractivity contribution in [3.8, 4) is 0 Å². The van der Waals surface area contributed by atoms with Crippen LogP contribution in [-0.2, 0) is 0 Å². The van der Waals surface area contributed by atoms with E-state index in [1.54, 1.807) is 0 Å². The van der Waals surface area contributed by atoms with Crippen LogP contribution < -0.4 is 16.6 Å². The largest absolute Gasteiger partial charge is 0.370 e. The lowest BCUT2D eigenvalue weighted by atomic mass is 10.1. The van der Waals surface area contributed by atoms with Gasteiger partial charge in [0, 0.05) is 24.6 Å². The molecule has 112 valence electrons. The van der Waals surface area contributed by atoms with E-state index in [0.29, 0.717) is 18.2 Å². The van der Waals surface area contributed by atoms with Gasteiger partial charge in [-0.25, -0.2) is 4.98 Å². The Morgan fingerprint density at radius 1 is 1.29 bits per heavy atom. The van der Waals surface area contributed by atoms with E-state index in [9.17, 15) is 4.79 Å². The number of hydrogen-bond acceptors (Lipinski definition) is 4. The number of aromatic amines is 1. The highest BCUT2D eigenvalue weighted by molar-refractivity contribution is 5.33. The van der Waals surface area contributed by atoms with Gasteiger partial charge in [0.05, 0.1) is 0 Å². The number of anilines is 1. The molecule has 1 atom stereocenters. The van der Waals surface area contributed by atoms with Gasteiger partial charge in [0.15, 0.2) is 0 Å². The fourth-order valence-corrected chi connectivity index (χ4v) is 2.06. The molecule has 0 saturated carbocycles. The standard InChI is InChI=1S/C16H22N4O/c1-11(2)16-19-14(10-15(21)20-16)18-9-8-13(17)12-6-4-3-5-7-12/h3-7,10-11,13H,8-9,17H2,1-2H3,(H2,18,19,20,21). The van der Waals surface area contributed by atoms with Gasteiger partial charge in [-0.05, 0) is 12.0 Å². The Bertz CT molecular complexity index is 622. The molecule has 0 amide bonds. The normalized spacial score (nSPS) is 12.4. The quantitative estimate of drug-likeness (QED) is 0.761. The molecule has 21 heavy (non-hydrogen) atoms. The SMILES string of the molecule is CC(C)c1nc(NCCC(N)c2ccccc2)cc(=O)[nH]1. The molecule has 2 aromatic rings. The van der Waals surface area contributed by atoms with E-state index < -0.39 is 0 Å². The second kappa shape index (κ2) is 7.04. The van der Waals surface area contributed by atoms with E-state index >= 15 is 0 Å². The molecule has 1 heterocycles. The predicted molar refractivity (Wildman–Crippen MR) is 85.4 cm³/mol. The third-order valence-electron chi connectivity index (χ3n) is 3.30. The van der Waals surface area contributed by atoms with E-state index in [4.69, 9.17) is 5.73 Å². The first kappa shape index (κ1) is 15.3. The average Bonchev–Trinajstić information content (AvgIpc) is 2.47. The van der Waals surface area contributed by atoms with Crippen molar-refractivity contribution in [3.63, 3.8) is 0 Å². The van der Waals surface area contributed by atoms with Crippen molar-refractivity contribution in [1.29, 1.82) is 0 Å². The lowest BCUT2D eigenvalue weighted by Crippen LogP contribution is -2.18. The van der Waals surface area contributed by atoms with Gasteiger partial charge in [-0.15, -0.1) is 0 Å². The Labute approximate surface area is 124 Å². The fraction of sp³-hybridized carbons (Fsp3) is 0.375. The number of rotatable bonds is 6. The molecular weight excluding hydrogens is 264 g/mol. The summed E-state index contributed by atoms with van der Waals surface area (Å²) in [7, 11) is 0. The number of aromatic nitrogens is 2. The first-order chi connectivity index (χ1) is 10.1. The van der Waals surface area contributed by atoms with E-state index in [0.717, 1.165) is 12.0 Å². The van der Waals surface area contributed by atoms with Crippen LogP contribution in [-0.4, -0.2) is 16.5 Å². The maximum Gasteiger partial charge on any atom is 0.252 e. The van der Waals surface area contributed by atoms with Crippen LogP contribution in [0.25, 0.3) is 0 Å². The number of hydrogen-bond donors (Lipinski definition) is 3. The van der Waals surface area contributed by atoms with Crippen molar-refractivity contribution < 1.29 is 0 Å². The van der Waals surface area contributed by atoms with Crippen LogP contribution in [0.4, 0.5) is 5.82 Å². The molecule has 0 fully saturated rings. The topological polar surface area (TPSA) is 83.8 Å². The van der Waals surface area contributed by atoms with Crippen LogP contribution in [0, 0.1) is 0 Å². The summed E-state index contributed by atoms with van der Waals surface area (Å²) in [4.78, 5) is 18.7. The number of benzene rings is 1. The van der Waals surface area contributed by atoms with E-state index in [-0.39, 0.29) is 17.5 Å². The minimum Gasteiger partial charge on any atom is -0.370 e. The third-order valence-corrected chi connectivity index (χ3v) is 3.30.